The van der Waals surface area contributed by atoms with Crippen LogP contribution in [-0.4, -0.2) is 32.1 Å². The summed E-state index contributed by atoms with van der Waals surface area (Å²) in [5, 5.41) is 1.80. The summed E-state index contributed by atoms with van der Waals surface area (Å²) in [6.45, 7) is 0.457. The molecule has 1 fully saturated rings. The normalized spacial score (nSPS) is 16.7. The van der Waals surface area contributed by atoms with Gasteiger partial charge >= 0.3 is 0 Å². The van der Waals surface area contributed by atoms with E-state index < -0.39 is 17.7 Å². The standard InChI is InChI=1S/C25H16N2O4S2/c28-22-19-8-4-5-9-20(19)23(29)26(22)27-24(30)21(33-25(27)32)14-16-10-12-18(13-11-16)31-15-17-6-2-1-3-7-17/h1-14H,15H2/b21-14+. The molecule has 0 radical (unpaired) electrons. The van der Waals surface area contributed by atoms with E-state index in [-0.39, 0.29) is 15.4 Å². The lowest BCUT2D eigenvalue weighted by Gasteiger charge is -2.23. The summed E-state index contributed by atoms with van der Waals surface area (Å²) in [4.78, 5) is 38.9. The second-order valence-corrected chi connectivity index (χ2v) is 8.98. The average Bonchev–Trinajstić information content (AvgIpc) is 3.25. The van der Waals surface area contributed by atoms with Crippen LogP contribution in [0.25, 0.3) is 6.08 Å². The molecule has 0 unspecified atom stereocenters. The van der Waals surface area contributed by atoms with Gasteiger partial charge in [0.15, 0.2) is 4.32 Å². The molecule has 162 valence electrons. The summed E-state index contributed by atoms with van der Waals surface area (Å²) in [6, 6.07) is 23.6. The van der Waals surface area contributed by atoms with Crippen LogP contribution < -0.4 is 4.74 Å². The molecule has 0 aromatic heterocycles. The molecule has 6 nitrogen and oxygen atoms in total. The second kappa shape index (κ2) is 8.65. The Morgan fingerprint density at radius 2 is 1.36 bits per heavy atom. The number of rotatable bonds is 5. The molecule has 0 saturated carbocycles. The topological polar surface area (TPSA) is 66.9 Å². The van der Waals surface area contributed by atoms with Crippen LogP contribution in [-0.2, 0) is 11.4 Å². The molecule has 0 N–H and O–H groups in total. The molecule has 0 aliphatic carbocycles. The number of amides is 3. The molecule has 2 aliphatic rings. The molecular formula is C25H16N2O4S2. The third-order valence-corrected chi connectivity index (χ3v) is 6.46. The number of ether oxygens (including phenoxy) is 1. The Hall–Kier alpha value is -3.75. The van der Waals surface area contributed by atoms with E-state index in [0.717, 1.165) is 32.9 Å². The largest absolute Gasteiger partial charge is 0.489 e. The van der Waals surface area contributed by atoms with Crippen molar-refractivity contribution in [3.05, 3.63) is 106 Å². The van der Waals surface area contributed by atoms with Crippen LogP contribution >= 0.6 is 24.0 Å². The van der Waals surface area contributed by atoms with Crippen molar-refractivity contribution >= 4 is 52.1 Å². The van der Waals surface area contributed by atoms with E-state index in [1.807, 2.05) is 54.6 Å². The third kappa shape index (κ3) is 3.94. The SMILES string of the molecule is O=C1/C(=C\c2ccc(OCc3ccccc3)cc2)SC(=S)N1N1C(=O)c2ccccc2C1=O. The van der Waals surface area contributed by atoms with Crippen molar-refractivity contribution in [3.63, 3.8) is 0 Å². The first-order valence-electron chi connectivity index (χ1n) is 10.1. The first-order chi connectivity index (χ1) is 16.0. The second-order valence-electron chi connectivity index (χ2n) is 7.30. The van der Waals surface area contributed by atoms with E-state index in [0.29, 0.717) is 17.3 Å². The zero-order valence-electron chi connectivity index (χ0n) is 17.1. The number of fused-ring (bicyclic) bond motifs is 1. The van der Waals surface area contributed by atoms with Crippen LogP contribution in [0.15, 0.2) is 83.8 Å². The molecule has 3 aromatic carbocycles. The zero-order valence-corrected chi connectivity index (χ0v) is 18.8. The van der Waals surface area contributed by atoms with Crippen molar-refractivity contribution < 1.29 is 19.1 Å². The summed E-state index contributed by atoms with van der Waals surface area (Å²) in [5.74, 6) is -0.931. The highest BCUT2D eigenvalue weighted by molar-refractivity contribution is 8.26. The summed E-state index contributed by atoms with van der Waals surface area (Å²) < 4.78 is 5.92. The van der Waals surface area contributed by atoms with Gasteiger partial charge in [-0.25, -0.2) is 0 Å². The highest BCUT2D eigenvalue weighted by Gasteiger charge is 2.46. The zero-order chi connectivity index (χ0) is 22.9. The molecular weight excluding hydrogens is 456 g/mol. The number of hydrogen-bond donors (Lipinski definition) is 0. The molecule has 8 heteroatoms. The van der Waals surface area contributed by atoms with Crippen molar-refractivity contribution in [1.82, 2.24) is 10.0 Å². The maximum Gasteiger partial charge on any atom is 0.285 e. The Balaban J connectivity index is 1.31. The Morgan fingerprint density at radius 1 is 0.758 bits per heavy atom. The fourth-order valence-electron chi connectivity index (χ4n) is 3.54. The van der Waals surface area contributed by atoms with E-state index >= 15 is 0 Å². The summed E-state index contributed by atoms with van der Waals surface area (Å²) >= 11 is 6.38. The Morgan fingerprint density at radius 3 is 2.00 bits per heavy atom. The minimum Gasteiger partial charge on any atom is -0.489 e. The van der Waals surface area contributed by atoms with E-state index in [4.69, 9.17) is 17.0 Å². The lowest BCUT2D eigenvalue weighted by Crippen LogP contribution is -2.48. The predicted octanol–water partition coefficient (Wildman–Crippen LogP) is 4.68. The van der Waals surface area contributed by atoms with Gasteiger partial charge in [-0.05, 0) is 53.7 Å². The lowest BCUT2D eigenvalue weighted by molar-refractivity contribution is -0.128. The van der Waals surface area contributed by atoms with Crippen molar-refractivity contribution in [3.8, 4) is 5.75 Å². The predicted molar refractivity (Wildman–Crippen MR) is 129 cm³/mol. The van der Waals surface area contributed by atoms with Gasteiger partial charge in [0.1, 0.15) is 12.4 Å². The van der Waals surface area contributed by atoms with Crippen LogP contribution in [0.4, 0.5) is 0 Å². The number of thiocarbonyl (C=S) groups is 1. The van der Waals surface area contributed by atoms with Crippen molar-refractivity contribution in [2.45, 2.75) is 6.61 Å². The van der Waals surface area contributed by atoms with Crippen LogP contribution in [0.1, 0.15) is 31.8 Å². The van der Waals surface area contributed by atoms with Crippen molar-refractivity contribution in [2.24, 2.45) is 0 Å². The average molecular weight is 473 g/mol. The van der Waals surface area contributed by atoms with Gasteiger partial charge in [-0.2, -0.15) is 10.0 Å². The van der Waals surface area contributed by atoms with Crippen molar-refractivity contribution in [2.75, 3.05) is 0 Å². The summed E-state index contributed by atoms with van der Waals surface area (Å²) in [6.07, 6.45) is 1.68. The van der Waals surface area contributed by atoms with Gasteiger partial charge in [-0.15, -0.1) is 0 Å². The monoisotopic (exact) mass is 472 g/mol. The van der Waals surface area contributed by atoms with E-state index in [1.165, 1.54) is 0 Å². The number of hydrogen-bond acceptors (Lipinski definition) is 6. The molecule has 1 saturated heterocycles. The molecule has 3 amide bonds. The molecule has 5 rings (SSSR count). The van der Waals surface area contributed by atoms with Gasteiger partial charge in [-0.1, -0.05) is 66.4 Å². The third-order valence-electron chi connectivity index (χ3n) is 5.17. The molecule has 0 spiro atoms. The molecule has 3 aromatic rings. The summed E-state index contributed by atoms with van der Waals surface area (Å²) in [7, 11) is 0. The molecule has 0 atom stereocenters. The van der Waals surface area contributed by atoms with E-state index in [2.05, 4.69) is 0 Å². The first kappa shape index (κ1) is 21.1. The maximum absolute atomic E-state index is 13.1. The number of imide groups is 1. The van der Waals surface area contributed by atoms with Crippen LogP contribution in [0.5, 0.6) is 5.75 Å². The van der Waals surface area contributed by atoms with Gasteiger partial charge in [0, 0.05) is 0 Å². The van der Waals surface area contributed by atoms with Gasteiger partial charge < -0.3 is 4.74 Å². The maximum atomic E-state index is 13.1. The Bertz CT molecular complexity index is 1280. The van der Waals surface area contributed by atoms with Crippen LogP contribution in [0, 0.1) is 0 Å². The van der Waals surface area contributed by atoms with Gasteiger partial charge in [0.25, 0.3) is 17.7 Å². The molecule has 33 heavy (non-hydrogen) atoms. The first-order valence-corrected chi connectivity index (χ1v) is 11.3. The fraction of sp³-hybridized carbons (Fsp3) is 0.0400. The smallest absolute Gasteiger partial charge is 0.285 e. The summed E-state index contributed by atoms with van der Waals surface area (Å²) in [5.41, 5.74) is 2.35. The van der Waals surface area contributed by atoms with E-state index in [1.54, 1.807) is 30.3 Å². The van der Waals surface area contributed by atoms with Gasteiger partial charge in [0.2, 0.25) is 0 Å². The highest BCUT2D eigenvalue weighted by atomic mass is 32.2. The quantitative estimate of drug-likeness (QED) is 0.305. The van der Waals surface area contributed by atoms with E-state index in [9.17, 15) is 14.4 Å². The number of nitrogens with zero attached hydrogens (tertiary/aromatic N) is 2. The number of thioether (sulfide) groups is 1. The fourth-order valence-corrected chi connectivity index (χ4v) is 4.78. The lowest BCUT2D eigenvalue weighted by atomic mass is 10.1. The Kier molecular flexibility index (Phi) is 5.53. The Labute approximate surface area is 199 Å². The molecule has 2 heterocycles. The number of hydrazine groups is 1. The molecule has 0 bridgehead atoms. The number of carbonyl (C=O) groups excluding carboxylic acids is 3. The minimum absolute atomic E-state index is 0.128. The highest BCUT2D eigenvalue weighted by Crippen LogP contribution is 2.36. The number of carbonyl (C=O) groups is 3. The van der Waals surface area contributed by atoms with Crippen molar-refractivity contribution in [1.29, 1.82) is 0 Å². The van der Waals surface area contributed by atoms with Gasteiger partial charge in [0.05, 0.1) is 16.0 Å². The minimum atomic E-state index is -0.562. The van der Waals surface area contributed by atoms with Crippen LogP contribution in [0.3, 0.4) is 0 Å². The molecule has 2 aliphatic heterocycles. The van der Waals surface area contributed by atoms with Crippen LogP contribution in [0.2, 0.25) is 0 Å². The number of benzene rings is 3. The van der Waals surface area contributed by atoms with Gasteiger partial charge in [-0.3, -0.25) is 14.4 Å².